The highest BCUT2D eigenvalue weighted by atomic mass is 35.6. The molecule has 0 unspecified atom stereocenters. The predicted molar refractivity (Wildman–Crippen MR) is 65.5 cm³/mol. The number of carbonyl (C=O) groups excluding carboxylic acids is 1. The van der Waals surface area contributed by atoms with Crippen molar-refractivity contribution in [1.82, 2.24) is 0 Å². The first kappa shape index (κ1) is 11.8. The number of Topliss-reactive ketones (excluding diaryl/α,β-unsaturated/α-hetero) is 1. The number of hydrogen-bond donors (Lipinski definition) is 0. The zero-order valence-corrected chi connectivity index (χ0v) is 10.3. The summed E-state index contributed by atoms with van der Waals surface area (Å²) in [5.74, 6) is -0.205. The van der Waals surface area contributed by atoms with Crippen molar-refractivity contribution in [2.75, 3.05) is 0 Å². The molecule has 0 N–H and O–H groups in total. The smallest absolute Gasteiger partial charge is 0.197 e. The predicted octanol–water partition coefficient (Wildman–Crippen LogP) is 4.38. The van der Waals surface area contributed by atoms with Crippen molar-refractivity contribution in [2.24, 2.45) is 0 Å². The van der Waals surface area contributed by atoms with Gasteiger partial charge in [-0.2, -0.15) is 0 Å². The minimum Gasteiger partial charge on any atom is -0.464 e. The Morgan fingerprint density at radius 2 is 2.00 bits per heavy atom. The number of furan rings is 1. The summed E-state index contributed by atoms with van der Waals surface area (Å²) in [6.45, 7) is 0. The van der Waals surface area contributed by atoms with Gasteiger partial charge in [0.15, 0.2) is 9.58 Å². The van der Waals surface area contributed by atoms with Gasteiger partial charge in [0.2, 0.25) is 0 Å². The van der Waals surface area contributed by atoms with Crippen LogP contribution in [0.1, 0.15) is 16.8 Å². The normalized spacial score (nSPS) is 11.9. The van der Waals surface area contributed by atoms with Crippen LogP contribution in [0.25, 0.3) is 11.0 Å². The van der Waals surface area contributed by atoms with Crippen LogP contribution in [0.2, 0.25) is 0 Å². The van der Waals surface area contributed by atoms with Gasteiger partial charge in [0.05, 0.1) is 12.7 Å². The fourth-order valence-corrected chi connectivity index (χ4v) is 1.79. The highest BCUT2D eigenvalue weighted by Crippen LogP contribution is 2.31. The van der Waals surface area contributed by atoms with Crippen LogP contribution in [0.15, 0.2) is 34.9 Å². The second kappa shape index (κ2) is 4.28. The summed E-state index contributed by atoms with van der Waals surface area (Å²) in [7, 11) is 0. The molecule has 16 heavy (non-hydrogen) atoms. The monoisotopic (exact) mass is 276 g/mol. The van der Waals surface area contributed by atoms with Crippen molar-refractivity contribution < 1.29 is 9.21 Å². The zero-order chi connectivity index (χ0) is 11.8. The molecule has 0 saturated heterocycles. The lowest BCUT2D eigenvalue weighted by Gasteiger charge is -2.09. The van der Waals surface area contributed by atoms with Gasteiger partial charge in [0, 0.05) is 10.9 Å². The van der Waals surface area contributed by atoms with Crippen molar-refractivity contribution >= 4 is 51.6 Å². The lowest BCUT2D eigenvalue weighted by atomic mass is 10.1. The molecule has 84 valence electrons. The van der Waals surface area contributed by atoms with E-state index in [9.17, 15) is 4.79 Å². The first-order chi connectivity index (χ1) is 7.46. The van der Waals surface area contributed by atoms with Gasteiger partial charge in [-0.3, -0.25) is 4.79 Å². The van der Waals surface area contributed by atoms with E-state index in [2.05, 4.69) is 0 Å². The molecule has 2 aromatic rings. The summed E-state index contributed by atoms with van der Waals surface area (Å²) in [4.78, 5) is 11.7. The molecule has 2 rings (SSSR count). The molecule has 1 aromatic carbocycles. The second-order valence-corrected chi connectivity index (χ2v) is 5.90. The van der Waals surface area contributed by atoms with E-state index in [1.54, 1.807) is 30.5 Å². The van der Waals surface area contributed by atoms with Gasteiger partial charge in [-0.1, -0.05) is 34.8 Å². The van der Waals surface area contributed by atoms with E-state index in [-0.39, 0.29) is 12.2 Å². The number of ketones is 1. The van der Waals surface area contributed by atoms with Gasteiger partial charge in [-0.05, 0) is 24.3 Å². The Kier molecular flexibility index (Phi) is 3.15. The largest absolute Gasteiger partial charge is 0.464 e. The van der Waals surface area contributed by atoms with Crippen LogP contribution in [0, 0.1) is 0 Å². The average molecular weight is 278 g/mol. The molecule has 0 atom stereocenters. The number of alkyl halides is 3. The molecule has 0 aliphatic carbocycles. The SMILES string of the molecule is O=C(CC(Cl)(Cl)Cl)c1ccc2occc2c1. The van der Waals surface area contributed by atoms with Crippen LogP contribution >= 0.6 is 34.8 Å². The second-order valence-electron chi connectivity index (χ2n) is 3.39. The average Bonchev–Trinajstić information content (AvgIpc) is 2.61. The maximum absolute atomic E-state index is 11.7. The lowest BCUT2D eigenvalue weighted by molar-refractivity contribution is 0.0984. The number of rotatable bonds is 2. The molecule has 0 radical (unpaired) electrons. The molecule has 0 fully saturated rings. The molecule has 0 aliphatic heterocycles. The summed E-state index contributed by atoms with van der Waals surface area (Å²) in [6.07, 6.45) is 1.43. The molecule has 5 heteroatoms. The van der Waals surface area contributed by atoms with Gasteiger partial charge in [0.25, 0.3) is 0 Å². The highest BCUT2D eigenvalue weighted by molar-refractivity contribution is 6.68. The molecule has 1 heterocycles. The molecular weight excluding hydrogens is 270 g/mol. The van der Waals surface area contributed by atoms with E-state index in [1.165, 1.54) is 0 Å². The van der Waals surface area contributed by atoms with Crippen LogP contribution in [0.5, 0.6) is 0 Å². The molecule has 1 aromatic heterocycles. The van der Waals surface area contributed by atoms with Gasteiger partial charge >= 0.3 is 0 Å². The number of benzene rings is 1. The third-order valence-electron chi connectivity index (χ3n) is 2.14. The van der Waals surface area contributed by atoms with Crippen LogP contribution < -0.4 is 0 Å². The fourth-order valence-electron chi connectivity index (χ4n) is 1.42. The van der Waals surface area contributed by atoms with Crippen molar-refractivity contribution in [3.63, 3.8) is 0 Å². The van der Waals surface area contributed by atoms with Gasteiger partial charge < -0.3 is 4.42 Å². The maximum atomic E-state index is 11.7. The minimum atomic E-state index is -1.55. The molecule has 2 nitrogen and oxygen atoms in total. The first-order valence-electron chi connectivity index (χ1n) is 4.53. The zero-order valence-electron chi connectivity index (χ0n) is 8.04. The Bertz CT molecular complexity index is 525. The Balaban J connectivity index is 2.29. The summed E-state index contributed by atoms with van der Waals surface area (Å²) < 4.78 is 3.61. The molecular formula is C11H7Cl3O2. The van der Waals surface area contributed by atoms with E-state index in [0.717, 1.165) is 11.0 Å². The molecule has 0 spiro atoms. The van der Waals surface area contributed by atoms with E-state index >= 15 is 0 Å². The fraction of sp³-hybridized carbons (Fsp3) is 0.182. The molecule has 0 aliphatic rings. The van der Waals surface area contributed by atoms with Crippen molar-refractivity contribution in [3.8, 4) is 0 Å². The Labute approximate surface area is 107 Å². The van der Waals surface area contributed by atoms with E-state index in [1.807, 2.05) is 0 Å². The van der Waals surface area contributed by atoms with Crippen molar-refractivity contribution in [1.29, 1.82) is 0 Å². The molecule has 0 bridgehead atoms. The number of halogens is 3. The van der Waals surface area contributed by atoms with E-state index in [4.69, 9.17) is 39.2 Å². The Morgan fingerprint density at radius 1 is 1.25 bits per heavy atom. The van der Waals surface area contributed by atoms with Gasteiger partial charge in [0.1, 0.15) is 5.58 Å². The maximum Gasteiger partial charge on any atom is 0.197 e. The summed E-state index contributed by atoms with van der Waals surface area (Å²) in [5.41, 5.74) is 1.24. The van der Waals surface area contributed by atoms with Crippen LogP contribution in [0.4, 0.5) is 0 Å². The van der Waals surface area contributed by atoms with Crippen LogP contribution in [-0.2, 0) is 0 Å². The standard InChI is InChI=1S/C11H7Cl3O2/c12-11(13,14)6-9(15)7-1-2-10-8(5-7)3-4-16-10/h1-5H,6H2. The summed E-state index contributed by atoms with van der Waals surface area (Å²) in [6, 6.07) is 6.88. The Hall–Kier alpha value is -0.700. The molecule has 0 saturated carbocycles. The molecule has 0 amide bonds. The minimum absolute atomic E-state index is 0.138. The lowest BCUT2D eigenvalue weighted by Crippen LogP contribution is -2.11. The van der Waals surface area contributed by atoms with E-state index in [0.29, 0.717) is 5.56 Å². The van der Waals surface area contributed by atoms with Crippen LogP contribution in [0.3, 0.4) is 0 Å². The third-order valence-corrected chi connectivity index (χ3v) is 2.54. The highest BCUT2D eigenvalue weighted by Gasteiger charge is 2.24. The first-order valence-corrected chi connectivity index (χ1v) is 5.66. The summed E-state index contributed by atoms with van der Waals surface area (Å²) >= 11 is 16.7. The van der Waals surface area contributed by atoms with Gasteiger partial charge in [-0.25, -0.2) is 0 Å². The van der Waals surface area contributed by atoms with E-state index < -0.39 is 3.79 Å². The number of fused-ring (bicyclic) bond motifs is 1. The number of carbonyl (C=O) groups is 1. The number of hydrogen-bond acceptors (Lipinski definition) is 2. The van der Waals surface area contributed by atoms with Crippen molar-refractivity contribution in [3.05, 3.63) is 36.1 Å². The topological polar surface area (TPSA) is 30.2 Å². The van der Waals surface area contributed by atoms with Crippen LogP contribution in [-0.4, -0.2) is 9.58 Å². The van der Waals surface area contributed by atoms with Crippen molar-refractivity contribution in [2.45, 2.75) is 10.2 Å². The Morgan fingerprint density at radius 3 is 2.69 bits per heavy atom. The van der Waals surface area contributed by atoms with Gasteiger partial charge in [-0.15, -0.1) is 0 Å². The summed E-state index contributed by atoms with van der Waals surface area (Å²) in [5, 5.41) is 0.857. The third kappa shape index (κ3) is 2.70. The quantitative estimate of drug-likeness (QED) is 0.602.